The average Bonchev–Trinajstić information content (AvgIpc) is 3.04. The largest absolute Gasteiger partial charge is 0.356 e. The van der Waals surface area contributed by atoms with Crippen LogP contribution in [-0.2, 0) is 19.4 Å². The molecule has 3 nitrogen and oxygen atoms in total. The normalized spacial score (nSPS) is 11.4. The third-order valence-corrected chi connectivity index (χ3v) is 4.13. The molecule has 0 fully saturated rings. The highest BCUT2D eigenvalue weighted by Crippen LogP contribution is 2.06. The van der Waals surface area contributed by atoms with E-state index in [1.807, 2.05) is 0 Å². The van der Waals surface area contributed by atoms with E-state index in [1.165, 1.54) is 16.7 Å². The minimum atomic E-state index is 0.814. The third kappa shape index (κ3) is 5.23. The fourth-order valence-electron chi connectivity index (χ4n) is 2.07. The lowest BCUT2D eigenvalue weighted by Crippen LogP contribution is -2.37. The Morgan fingerprint density at radius 2 is 1.81 bits per heavy atom. The van der Waals surface area contributed by atoms with Crippen LogP contribution in [0.4, 0.5) is 0 Å². The summed E-state index contributed by atoms with van der Waals surface area (Å²) in [7, 11) is 1.80. The van der Waals surface area contributed by atoms with Gasteiger partial charge in [0.1, 0.15) is 0 Å². The van der Waals surface area contributed by atoms with Crippen molar-refractivity contribution in [3.05, 3.63) is 57.8 Å². The van der Waals surface area contributed by atoms with E-state index in [9.17, 15) is 0 Å². The van der Waals surface area contributed by atoms with Crippen LogP contribution < -0.4 is 10.6 Å². The summed E-state index contributed by atoms with van der Waals surface area (Å²) in [4.78, 5) is 4.24. The minimum Gasteiger partial charge on any atom is -0.356 e. The number of aliphatic imine (C=N–C) groups is 1. The summed E-state index contributed by atoms with van der Waals surface area (Å²) in [5.74, 6) is 0.853. The maximum atomic E-state index is 4.24. The summed E-state index contributed by atoms with van der Waals surface area (Å²) in [6.07, 6.45) is 2.10. The summed E-state index contributed by atoms with van der Waals surface area (Å²) >= 11 is 1.72. The second kappa shape index (κ2) is 8.47. The molecule has 0 aliphatic carbocycles. The first-order valence-corrected chi connectivity index (χ1v) is 8.29. The van der Waals surface area contributed by atoms with Crippen LogP contribution in [0.3, 0.4) is 0 Å². The number of guanidine groups is 1. The van der Waals surface area contributed by atoms with Crippen molar-refractivity contribution in [1.82, 2.24) is 10.6 Å². The molecule has 0 amide bonds. The monoisotopic (exact) mass is 301 g/mol. The van der Waals surface area contributed by atoms with Gasteiger partial charge in [0.15, 0.2) is 5.96 Å². The van der Waals surface area contributed by atoms with Gasteiger partial charge in [-0.15, -0.1) is 0 Å². The Morgan fingerprint density at radius 1 is 1.05 bits per heavy atom. The van der Waals surface area contributed by atoms with Gasteiger partial charge in [-0.25, -0.2) is 0 Å². The molecule has 0 radical (unpaired) electrons. The summed E-state index contributed by atoms with van der Waals surface area (Å²) < 4.78 is 0. The molecule has 0 aliphatic heterocycles. The molecule has 2 rings (SSSR count). The summed E-state index contributed by atoms with van der Waals surface area (Å²) in [5.41, 5.74) is 4.03. The smallest absolute Gasteiger partial charge is 0.191 e. The lowest BCUT2D eigenvalue weighted by atomic mass is 10.1. The molecule has 0 aliphatic rings. The molecule has 21 heavy (non-hydrogen) atoms. The van der Waals surface area contributed by atoms with Gasteiger partial charge < -0.3 is 10.6 Å². The second-order valence-electron chi connectivity index (χ2n) is 4.90. The number of aryl methyl sites for hydroxylation is 1. The van der Waals surface area contributed by atoms with Gasteiger partial charge in [0.2, 0.25) is 0 Å². The zero-order valence-electron chi connectivity index (χ0n) is 12.7. The maximum Gasteiger partial charge on any atom is 0.191 e. The predicted molar refractivity (Wildman–Crippen MR) is 92.0 cm³/mol. The Hall–Kier alpha value is -1.81. The van der Waals surface area contributed by atoms with Crippen LogP contribution in [0.2, 0.25) is 0 Å². The van der Waals surface area contributed by atoms with E-state index in [2.05, 4.69) is 63.6 Å². The van der Waals surface area contributed by atoms with Crippen LogP contribution in [0, 0.1) is 0 Å². The fraction of sp³-hybridized carbons (Fsp3) is 0.353. The van der Waals surface area contributed by atoms with Crippen molar-refractivity contribution >= 4 is 17.3 Å². The first-order chi connectivity index (χ1) is 10.3. The van der Waals surface area contributed by atoms with Crippen LogP contribution in [0.25, 0.3) is 0 Å². The molecular weight excluding hydrogens is 278 g/mol. The maximum absolute atomic E-state index is 4.24. The van der Waals surface area contributed by atoms with Gasteiger partial charge in [-0.1, -0.05) is 31.2 Å². The van der Waals surface area contributed by atoms with E-state index in [0.717, 1.165) is 31.9 Å². The summed E-state index contributed by atoms with van der Waals surface area (Å²) in [6.45, 7) is 3.88. The lowest BCUT2D eigenvalue weighted by molar-refractivity contribution is 0.795. The zero-order valence-corrected chi connectivity index (χ0v) is 13.5. The van der Waals surface area contributed by atoms with Gasteiger partial charge in [0.05, 0.1) is 0 Å². The molecule has 0 bridgehead atoms. The number of nitrogens with zero attached hydrogens (tertiary/aromatic N) is 1. The molecule has 1 heterocycles. The van der Waals surface area contributed by atoms with Gasteiger partial charge >= 0.3 is 0 Å². The van der Waals surface area contributed by atoms with Crippen molar-refractivity contribution in [2.75, 3.05) is 13.6 Å². The second-order valence-corrected chi connectivity index (χ2v) is 5.68. The molecule has 0 saturated heterocycles. The van der Waals surface area contributed by atoms with E-state index in [-0.39, 0.29) is 0 Å². The molecular formula is C17H23N3S. The van der Waals surface area contributed by atoms with Gasteiger partial charge in [-0.3, -0.25) is 4.99 Å². The standard InChI is InChI=1S/C17H23N3S/c1-3-14-4-6-15(7-5-14)8-10-19-17(18-2)20-12-16-9-11-21-13-16/h4-7,9,11,13H,3,8,10,12H2,1-2H3,(H2,18,19,20). The van der Waals surface area contributed by atoms with Gasteiger partial charge in [-0.2, -0.15) is 11.3 Å². The highest BCUT2D eigenvalue weighted by molar-refractivity contribution is 7.07. The Labute approximate surface area is 131 Å². The van der Waals surface area contributed by atoms with Crippen LogP contribution in [-0.4, -0.2) is 19.6 Å². The highest BCUT2D eigenvalue weighted by atomic mass is 32.1. The average molecular weight is 301 g/mol. The topological polar surface area (TPSA) is 36.4 Å². The molecule has 0 unspecified atom stereocenters. The molecule has 112 valence electrons. The Bertz CT molecular complexity index is 544. The molecule has 4 heteroatoms. The molecule has 1 aromatic carbocycles. The van der Waals surface area contributed by atoms with Crippen LogP contribution in [0.5, 0.6) is 0 Å². The fourth-order valence-corrected chi connectivity index (χ4v) is 2.74. The molecule has 2 aromatic rings. The predicted octanol–water partition coefficient (Wildman–Crippen LogP) is 3.22. The Balaban J connectivity index is 1.72. The Kier molecular flexibility index (Phi) is 6.28. The quantitative estimate of drug-likeness (QED) is 0.635. The van der Waals surface area contributed by atoms with Crippen molar-refractivity contribution < 1.29 is 0 Å². The first-order valence-electron chi connectivity index (χ1n) is 7.35. The van der Waals surface area contributed by atoms with E-state index >= 15 is 0 Å². The van der Waals surface area contributed by atoms with Crippen molar-refractivity contribution in [1.29, 1.82) is 0 Å². The number of thiophene rings is 1. The van der Waals surface area contributed by atoms with Crippen molar-refractivity contribution in [3.63, 3.8) is 0 Å². The highest BCUT2D eigenvalue weighted by Gasteiger charge is 1.99. The van der Waals surface area contributed by atoms with Crippen LogP contribution in [0.1, 0.15) is 23.6 Å². The molecule has 0 spiro atoms. The SMILES string of the molecule is CCc1ccc(CCNC(=NC)NCc2ccsc2)cc1. The third-order valence-electron chi connectivity index (χ3n) is 3.40. The van der Waals surface area contributed by atoms with Crippen molar-refractivity contribution in [2.24, 2.45) is 4.99 Å². The van der Waals surface area contributed by atoms with Gasteiger partial charge in [-0.05, 0) is 46.4 Å². The summed E-state index contributed by atoms with van der Waals surface area (Å²) in [5, 5.41) is 10.9. The van der Waals surface area contributed by atoms with Crippen LogP contribution in [0.15, 0.2) is 46.1 Å². The summed E-state index contributed by atoms with van der Waals surface area (Å²) in [6, 6.07) is 11.0. The van der Waals surface area contributed by atoms with Gasteiger partial charge in [0.25, 0.3) is 0 Å². The number of rotatable bonds is 6. The van der Waals surface area contributed by atoms with Crippen molar-refractivity contribution in [2.45, 2.75) is 26.3 Å². The number of benzene rings is 1. The van der Waals surface area contributed by atoms with E-state index < -0.39 is 0 Å². The molecule has 2 N–H and O–H groups in total. The van der Waals surface area contributed by atoms with Gasteiger partial charge in [0, 0.05) is 20.1 Å². The minimum absolute atomic E-state index is 0.814. The Morgan fingerprint density at radius 3 is 2.43 bits per heavy atom. The van der Waals surface area contributed by atoms with E-state index in [1.54, 1.807) is 18.4 Å². The molecule has 0 atom stereocenters. The van der Waals surface area contributed by atoms with Crippen LogP contribution >= 0.6 is 11.3 Å². The van der Waals surface area contributed by atoms with Crippen molar-refractivity contribution in [3.8, 4) is 0 Å². The molecule has 1 aromatic heterocycles. The first kappa shape index (κ1) is 15.6. The van der Waals surface area contributed by atoms with E-state index in [0.29, 0.717) is 0 Å². The number of hydrogen-bond acceptors (Lipinski definition) is 2. The zero-order chi connectivity index (χ0) is 14.9. The molecule has 0 saturated carbocycles. The lowest BCUT2D eigenvalue weighted by Gasteiger charge is -2.11. The van der Waals surface area contributed by atoms with E-state index in [4.69, 9.17) is 0 Å². The number of nitrogens with one attached hydrogen (secondary N) is 2. The number of hydrogen-bond donors (Lipinski definition) is 2.